The van der Waals surface area contributed by atoms with Crippen molar-refractivity contribution >= 4 is 51.8 Å². The van der Waals surface area contributed by atoms with Gasteiger partial charge in [0, 0.05) is 74.7 Å². The number of nitrogens with one attached hydrogen (secondary N) is 2. The normalized spacial score (nSPS) is 18.6. The van der Waals surface area contributed by atoms with Gasteiger partial charge in [-0.3, -0.25) is 53.4 Å². The van der Waals surface area contributed by atoms with Crippen molar-refractivity contribution in [1.82, 2.24) is 34.6 Å². The molecule has 3 fully saturated rings. The van der Waals surface area contributed by atoms with E-state index < -0.39 is 29.7 Å². The molecule has 320 valence electrons. The van der Waals surface area contributed by atoms with Gasteiger partial charge < -0.3 is 19.7 Å². The molecule has 17 heteroatoms. The molecule has 0 spiro atoms. The van der Waals surface area contributed by atoms with Gasteiger partial charge in [-0.25, -0.2) is 9.97 Å². The van der Waals surface area contributed by atoms with E-state index in [1.54, 1.807) is 35.9 Å². The Labute approximate surface area is 352 Å². The van der Waals surface area contributed by atoms with E-state index in [0.717, 1.165) is 80.1 Å². The van der Waals surface area contributed by atoms with Crippen LogP contribution in [0, 0.1) is 6.92 Å². The molecule has 61 heavy (non-hydrogen) atoms. The number of carbonyl (C=O) groups excluding carboxylic acids is 5. The van der Waals surface area contributed by atoms with E-state index in [9.17, 15) is 28.8 Å². The second kappa shape index (κ2) is 18.4. The van der Waals surface area contributed by atoms with Crippen molar-refractivity contribution in [2.45, 2.75) is 70.9 Å². The van der Waals surface area contributed by atoms with Gasteiger partial charge in [0.1, 0.15) is 17.5 Å². The molecule has 6 heterocycles. The van der Waals surface area contributed by atoms with Gasteiger partial charge in [0.25, 0.3) is 17.4 Å². The maximum atomic E-state index is 13.6. The maximum absolute atomic E-state index is 13.6. The monoisotopic (exact) mass is 833 g/mol. The molecule has 4 aliphatic rings. The minimum atomic E-state index is -1.01. The Bertz CT molecular complexity index is 2400. The van der Waals surface area contributed by atoms with Gasteiger partial charge in [-0.15, -0.1) is 0 Å². The number of fused-ring (bicyclic) bond motifs is 2. The van der Waals surface area contributed by atoms with E-state index >= 15 is 0 Å². The second-order valence-electron chi connectivity index (χ2n) is 16.0. The van der Waals surface area contributed by atoms with Gasteiger partial charge >= 0.3 is 0 Å². The smallest absolute Gasteiger partial charge is 0.264 e. The molecule has 1 atom stereocenters. The number of Topliss-reactive ketones (excluding diaryl/α,β-unsaturated/α-hetero) is 1. The van der Waals surface area contributed by atoms with Crippen molar-refractivity contribution in [2.75, 3.05) is 75.9 Å². The average molecular weight is 834 g/mol. The number of nitrogens with zero attached hydrogens (tertiary/aromatic N) is 7. The molecule has 17 nitrogen and oxygen atoms in total. The Kier molecular flexibility index (Phi) is 12.6. The molecule has 1 aromatic carbocycles. The number of rotatable bonds is 16. The van der Waals surface area contributed by atoms with E-state index in [0.29, 0.717) is 62.1 Å². The Morgan fingerprint density at radius 1 is 0.885 bits per heavy atom. The molecule has 0 bridgehead atoms. The number of hydrogen-bond donors (Lipinski definition) is 2. The number of amides is 4. The SMILES string of the molecule is CC(=O)c1c(C)c2cnc(Cc3ccc(N4CCN(CCOCCOCCNc5cccc6c5C(=O)N(C5CCC(=O)NC5=O)C6=O)CC4)cn3)nc2n(C2CCCC2)c1=O. The van der Waals surface area contributed by atoms with Crippen LogP contribution >= 0.6 is 0 Å². The highest BCUT2D eigenvalue weighted by Gasteiger charge is 2.45. The molecule has 4 amide bonds. The third-order valence-corrected chi connectivity index (χ3v) is 12.1. The number of imide groups is 2. The van der Waals surface area contributed by atoms with E-state index in [1.807, 2.05) is 12.3 Å². The Morgan fingerprint density at radius 2 is 1.66 bits per heavy atom. The summed E-state index contributed by atoms with van der Waals surface area (Å²) in [5.41, 5.74) is 4.02. The number of pyridine rings is 2. The first-order chi connectivity index (χ1) is 29.6. The molecule has 8 rings (SSSR count). The first-order valence-electron chi connectivity index (χ1n) is 21.2. The highest BCUT2D eigenvalue weighted by Crippen LogP contribution is 2.33. The summed E-state index contributed by atoms with van der Waals surface area (Å²) in [5.74, 6) is -1.80. The summed E-state index contributed by atoms with van der Waals surface area (Å²) < 4.78 is 13.3. The Hall–Kier alpha value is -5.91. The van der Waals surface area contributed by atoms with Crippen LogP contribution < -0.4 is 21.1 Å². The number of ether oxygens (including phenoxy) is 2. The van der Waals surface area contributed by atoms with Crippen LogP contribution in [0.3, 0.4) is 0 Å². The zero-order chi connectivity index (χ0) is 42.6. The Morgan fingerprint density at radius 3 is 2.38 bits per heavy atom. The zero-order valence-corrected chi connectivity index (χ0v) is 34.6. The molecular weight excluding hydrogens is 783 g/mol. The summed E-state index contributed by atoms with van der Waals surface area (Å²) in [6.07, 6.45) is 8.12. The van der Waals surface area contributed by atoms with E-state index in [2.05, 4.69) is 31.5 Å². The number of piperazine rings is 1. The van der Waals surface area contributed by atoms with Gasteiger partial charge in [0.15, 0.2) is 5.78 Å². The van der Waals surface area contributed by atoms with Crippen LogP contribution in [0.1, 0.15) is 99.6 Å². The minimum absolute atomic E-state index is 0.0300. The van der Waals surface area contributed by atoms with Crippen LogP contribution in [0.15, 0.2) is 47.5 Å². The van der Waals surface area contributed by atoms with Gasteiger partial charge in [0.05, 0.1) is 61.4 Å². The predicted octanol–water partition coefficient (Wildman–Crippen LogP) is 3.07. The van der Waals surface area contributed by atoms with Crippen molar-refractivity contribution in [3.63, 3.8) is 0 Å². The van der Waals surface area contributed by atoms with Gasteiger partial charge in [-0.2, -0.15) is 0 Å². The van der Waals surface area contributed by atoms with Gasteiger partial charge in [-0.1, -0.05) is 18.9 Å². The lowest BCUT2D eigenvalue weighted by Gasteiger charge is -2.35. The third kappa shape index (κ3) is 8.81. The van der Waals surface area contributed by atoms with Crippen molar-refractivity contribution in [2.24, 2.45) is 0 Å². The number of carbonyl (C=O) groups is 5. The first-order valence-corrected chi connectivity index (χ1v) is 21.2. The van der Waals surface area contributed by atoms with Crippen molar-refractivity contribution < 1.29 is 33.4 Å². The maximum Gasteiger partial charge on any atom is 0.264 e. The summed E-state index contributed by atoms with van der Waals surface area (Å²) in [5, 5.41) is 6.13. The minimum Gasteiger partial charge on any atom is -0.382 e. The third-order valence-electron chi connectivity index (χ3n) is 12.1. The summed E-state index contributed by atoms with van der Waals surface area (Å²) in [6, 6.07) is 8.06. The van der Waals surface area contributed by atoms with Crippen molar-refractivity contribution in [3.05, 3.63) is 86.9 Å². The van der Waals surface area contributed by atoms with Gasteiger partial charge in [-0.05, 0) is 62.9 Å². The van der Waals surface area contributed by atoms with Crippen LogP contribution in [0.25, 0.3) is 11.0 Å². The summed E-state index contributed by atoms with van der Waals surface area (Å²) in [7, 11) is 0. The lowest BCUT2D eigenvalue weighted by atomic mass is 10.0. The number of aryl methyl sites for hydroxylation is 1. The number of ketones is 1. The van der Waals surface area contributed by atoms with Crippen LogP contribution in [-0.4, -0.2) is 130 Å². The first kappa shape index (κ1) is 41.8. The summed E-state index contributed by atoms with van der Waals surface area (Å²) in [6.45, 7) is 9.76. The second-order valence-corrected chi connectivity index (χ2v) is 16.0. The fourth-order valence-electron chi connectivity index (χ4n) is 8.90. The standard InChI is InChI=1S/C44H51N9O8/c1-27-33-26-47-36(48-40(33)52(30-6-3-4-7-30)43(58)38(27)28(2)54)24-29-10-11-31(25-46-29)51-17-15-50(16-18-51)19-21-61-23-22-60-20-14-45-34-9-5-8-32-39(34)44(59)53(42(32)57)35-12-13-37(55)49-41(35)56/h5,8-11,25-26,30,35,45H,3-4,6-7,12-24H2,1-2H3,(H,49,55,56). The summed E-state index contributed by atoms with van der Waals surface area (Å²) >= 11 is 0. The molecule has 0 radical (unpaired) electrons. The van der Waals surface area contributed by atoms with Crippen LogP contribution in [0.4, 0.5) is 11.4 Å². The Balaban J connectivity index is 0.739. The topological polar surface area (TPSA) is 198 Å². The lowest BCUT2D eigenvalue weighted by Crippen LogP contribution is -2.54. The number of piperidine rings is 1. The van der Waals surface area contributed by atoms with E-state index in [-0.39, 0.29) is 46.9 Å². The molecule has 2 N–H and O–H groups in total. The van der Waals surface area contributed by atoms with Crippen molar-refractivity contribution in [1.29, 1.82) is 0 Å². The number of anilines is 2. The molecular formula is C44H51N9O8. The molecule has 1 unspecified atom stereocenters. The average Bonchev–Trinajstić information content (AvgIpc) is 3.87. The highest BCUT2D eigenvalue weighted by molar-refractivity contribution is 6.25. The highest BCUT2D eigenvalue weighted by atomic mass is 16.5. The molecule has 3 aliphatic heterocycles. The van der Waals surface area contributed by atoms with Crippen molar-refractivity contribution in [3.8, 4) is 0 Å². The summed E-state index contributed by atoms with van der Waals surface area (Å²) in [4.78, 5) is 96.2. The quantitative estimate of drug-likeness (QED) is 0.0949. The van der Waals surface area contributed by atoms with E-state index in [4.69, 9.17) is 19.4 Å². The largest absolute Gasteiger partial charge is 0.382 e. The van der Waals surface area contributed by atoms with Crippen LogP contribution in [0.5, 0.6) is 0 Å². The number of aromatic nitrogens is 4. The molecule has 3 aromatic heterocycles. The lowest BCUT2D eigenvalue weighted by molar-refractivity contribution is -0.136. The van der Waals surface area contributed by atoms with Crippen LogP contribution in [-0.2, 0) is 25.5 Å². The van der Waals surface area contributed by atoms with E-state index in [1.165, 1.54) is 6.92 Å². The predicted molar refractivity (Wildman–Crippen MR) is 225 cm³/mol. The molecule has 4 aromatic rings. The molecule has 2 saturated heterocycles. The number of hydrogen-bond acceptors (Lipinski definition) is 14. The number of benzene rings is 1. The molecule has 1 aliphatic carbocycles. The van der Waals surface area contributed by atoms with Gasteiger partial charge in [0.2, 0.25) is 11.8 Å². The fraction of sp³-hybridized carbons (Fsp3) is 0.477. The van der Waals surface area contributed by atoms with Crippen LogP contribution in [0.2, 0.25) is 0 Å². The fourth-order valence-corrected chi connectivity index (χ4v) is 8.90. The molecule has 1 saturated carbocycles. The zero-order valence-electron chi connectivity index (χ0n) is 34.6.